The molecule has 3 heteroatoms. The third-order valence-corrected chi connectivity index (χ3v) is 4.26. The molecule has 0 aromatic heterocycles. The van der Waals surface area contributed by atoms with Gasteiger partial charge in [0.1, 0.15) is 0 Å². The summed E-state index contributed by atoms with van der Waals surface area (Å²) >= 11 is 0. The Hall–Kier alpha value is -1.61. The lowest BCUT2D eigenvalue weighted by atomic mass is 10.2. The Bertz CT molecular complexity index is 626. The smallest absolute Gasteiger partial charge is 0.207 e. The maximum Gasteiger partial charge on any atom is 0.207 e. The van der Waals surface area contributed by atoms with Crippen LogP contribution in [0.1, 0.15) is 11.1 Å². The molecule has 0 atom stereocenters. The van der Waals surface area contributed by atoms with Gasteiger partial charge in [-0.05, 0) is 37.6 Å². The second kappa shape index (κ2) is 4.34. The van der Waals surface area contributed by atoms with Crippen molar-refractivity contribution in [3.05, 3.63) is 59.7 Å². The van der Waals surface area contributed by atoms with E-state index in [0.29, 0.717) is 4.90 Å². The van der Waals surface area contributed by atoms with E-state index >= 15 is 0 Å². The molecular formula is C14H13O2S. The van der Waals surface area contributed by atoms with E-state index in [0.717, 1.165) is 11.1 Å². The van der Waals surface area contributed by atoms with Crippen LogP contribution in [0.25, 0.3) is 0 Å². The highest BCUT2D eigenvalue weighted by Gasteiger charge is 2.17. The van der Waals surface area contributed by atoms with E-state index in [9.17, 15) is 8.42 Å². The average Bonchev–Trinajstić information content (AvgIpc) is 2.29. The van der Waals surface area contributed by atoms with Crippen LogP contribution in [0.4, 0.5) is 0 Å². The highest BCUT2D eigenvalue weighted by atomic mass is 32.2. The molecule has 0 saturated carbocycles. The molecule has 1 radical (unpaired) electrons. The van der Waals surface area contributed by atoms with E-state index in [-0.39, 0.29) is 4.90 Å². The minimum absolute atomic E-state index is 0.223. The summed E-state index contributed by atoms with van der Waals surface area (Å²) in [5.41, 5.74) is 1.95. The summed E-state index contributed by atoms with van der Waals surface area (Å²) in [7, 11) is -3.43. The van der Waals surface area contributed by atoms with Crippen LogP contribution in [-0.2, 0) is 9.84 Å². The van der Waals surface area contributed by atoms with Gasteiger partial charge in [0.15, 0.2) is 0 Å². The fourth-order valence-corrected chi connectivity index (χ4v) is 2.86. The van der Waals surface area contributed by atoms with Gasteiger partial charge in [0.25, 0.3) is 0 Å². The third kappa shape index (κ3) is 2.39. The van der Waals surface area contributed by atoms with E-state index in [1.54, 1.807) is 36.4 Å². The van der Waals surface area contributed by atoms with Crippen LogP contribution in [0.5, 0.6) is 0 Å². The van der Waals surface area contributed by atoms with Gasteiger partial charge in [0, 0.05) is 6.07 Å². The number of aryl methyl sites for hydroxylation is 2. The molecule has 0 aliphatic carbocycles. The summed E-state index contributed by atoms with van der Waals surface area (Å²) in [4.78, 5) is 0.534. The lowest BCUT2D eigenvalue weighted by Gasteiger charge is -2.05. The molecule has 0 aliphatic rings. The summed E-state index contributed by atoms with van der Waals surface area (Å²) in [6.45, 7) is 3.79. The highest BCUT2D eigenvalue weighted by Crippen LogP contribution is 2.21. The normalized spacial score (nSPS) is 11.4. The first-order valence-electron chi connectivity index (χ1n) is 5.30. The third-order valence-electron chi connectivity index (χ3n) is 2.55. The van der Waals surface area contributed by atoms with Gasteiger partial charge in [-0.3, -0.25) is 0 Å². The van der Waals surface area contributed by atoms with Crippen molar-refractivity contribution in [3.63, 3.8) is 0 Å². The number of hydrogen-bond donors (Lipinski definition) is 0. The molecule has 0 aliphatic heterocycles. The standard InChI is InChI=1S/C14H13O2S/c1-11-6-8-13(9-7-11)17(15,16)14-5-3-4-12(2)10-14/h3-4,6-10H,1-2H3. The molecule has 0 unspecified atom stereocenters. The van der Waals surface area contributed by atoms with Gasteiger partial charge in [-0.1, -0.05) is 29.8 Å². The molecule has 87 valence electrons. The zero-order valence-electron chi connectivity index (χ0n) is 9.77. The van der Waals surface area contributed by atoms with E-state index in [1.807, 2.05) is 19.9 Å². The number of sulfone groups is 1. The summed E-state index contributed by atoms with van der Waals surface area (Å²) in [6, 6.07) is 14.7. The van der Waals surface area contributed by atoms with Crippen LogP contribution >= 0.6 is 0 Å². The Morgan fingerprint density at radius 3 is 2.18 bits per heavy atom. The maximum absolute atomic E-state index is 12.3. The topological polar surface area (TPSA) is 34.1 Å². The largest absolute Gasteiger partial charge is 0.218 e. The van der Waals surface area contributed by atoms with E-state index in [2.05, 4.69) is 6.07 Å². The Labute approximate surface area is 102 Å². The highest BCUT2D eigenvalue weighted by molar-refractivity contribution is 7.91. The van der Waals surface area contributed by atoms with E-state index < -0.39 is 9.84 Å². The Kier molecular flexibility index (Phi) is 3.03. The second-order valence-electron chi connectivity index (χ2n) is 4.05. The predicted octanol–water partition coefficient (Wildman–Crippen LogP) is 2.94. The first kappa shape index (κ1) is 11.9. The molecule has 0 fully saturated rings. The molecule has 0 heterocycles. The van der Waals surface area contributed by atoms with Crippen LogP contribution < -0.4 is 0 Å². The number of rotatable bonds is 2. The molecule has 2 aromatic rings. The average molecular weight is 245 g/mol. The first-order valence-corrected chi connectivity index (χ1v) is 6.78. The molecule has 0 amide bonds. The molecular weight excluding hydrogens is 232 g/mol. The molecule has 2 nitrogen and oxygen atoms in total. The van der Waals surface area contributed by atoms with Crippen molar-refractivity contribution >= 4 is 9.84 Å². The Balaban J connectivity index is 2.54. The quantitative estimate of drug-likeness (QED) is 0.815. The Morgan fingerprint density at radius 1 is 0.941 bits per heavy atom. The number of benzene rings is 2. The maximum atomic E-state index is 12.3. The predicted molar refractivity (Wildman–Crippen MR) is 66.6 cm³/mol. The van der Waals surface area contributed by atoms with Crippen molar-refractivity contribution in [2.45, 2.75) is 23.6 Å². The molecule has 17 heavy (non-hydrogen) atoms. The summed E-state index contributed by atoms with van der Waals surface area (Å²) < 4.78 is 24.5. The van der Waals surface area contributed by atoms with Gasteiger partial charge in [-0.25, -0.2) is 8.42 Å². The van der Waals surface area contributed by atoms with E-state index in [1.165, 1.54) is 0 Å². The minimum atomic E-state index is -3.43. The van der Waals surface area contributed by atoms with Gasteiger partial charge < -0.3 is 0 Å². The molecule has 0 saturated heterocycles. The molecule has 2 rings (SSSR count). The van der Waals surface area contributed by atoms with Gasteiger partial charge in [-0.15, -0.1) is 0 Å². The van der Waals surface area contributed by atoms with Gasteiger partial charge in [0.05, 0.1) is 9.79 Å². The van der Waals surface area contributed by atoms with Crippen LogP contribution in [0.3, 0.4) is 0 Å². The second-order valence-corrected chi connectivity index (χ2v) is 5.96. The zero-order chi connectivity index (χ0) is 12.5. The van der Waals surface area contributed by atoms with Crippen molar-refractivity contribution in [2.24, 2.45) is 0 Å². The monoisotopic (exact) mass is 245 g/mol. The zero-order valence-corrected chi connectivity index (χ0v) is 10.6. The van der Waals surface area contributed by atoms with Crippen LogP contribution in [0.15, 0.2) is 52.3 Å². The fourth-order valence-electron chi connectivity index (χ4n) is 1.55. The number of hydrogen-bond acceptors (Lipinski definition) is 2. The SMILES string of the molecule is Cc1ccc(S(=O)(=O)c2[c]ccc(C)c2)cc1. The van der Waals surface area contributed by atoms with Gasteiger partial charge >= 0.3 is 0 Å². The minimum Gasteiger partial charge on any atom is -0.218 e. The van der Waals surface area contributed by atoms with Crippen molar-refractivity contribution in [1.82, 2.24) is 0 Å². The van der Waals surface area contributed by atoms with Crippen LogP contribution in [0, 0.1) is 19.9 Å². The lowest BCUT2D eigenvalue weighted by Crippen LogP contribution is -2.02. The first-order chi connectivity index (χ1) is 8.00. The molecule has 0 bridgehead atoms. The molecule has 0 N–H and O–H groups in total. The lowest BCUT2D eigenvalue weighted by molar-refractivity contribution is 0.596. The van der Waals surface area contributed by atoms with Crippen LogP contribution in [-0.4, -0.2) is 8.42 Å². The molecule has 0 spiro atoms. The van der Waals surface area contributed by atoms with Crippen molar-refractivity contribution < 1.29 is 8.42 Å². The Morgan fingerprint density at radius 2 is 1.59 bits per heavy atom. The van der Waals surface area contributed by atoms with E-state index in [4.69, 9.17) is 0 Å². The van der Waals surface area contributed by atoms with Crippen LogP contribution in [0.2, 0.25) is 0 Å². The summed E-state index contributed by atoms with van der Waals surface area (Å²) in [5.74, 6) is 0. The van der Waals surface area contributed by atoms with Gasteiger partial charge in [0.2, 0.25) is 9.84 Å². The summed E-state index contributed by atoms with van der Waals surface area (Å²) in [5, 5.41) is 0. The van der Waals surface area contributed by atoms with Crippen molar-refractivity contribution in [3.8, 4) is 0 Å². The summed E-state index contributed by atoms with van der Waals surface area (Å²) in [6.07, 6.45) is 0. The van der Waals surface area contributed by atoms with Gasteiger partial charge in [-0.2, -0.15) is 0 Å². The van der Waals surface area contributed by atoms with Crippen molar-refractivity contribution in [2.75, 3.05) is 0 Å². The fraction of sp³-hybridized carbons (Fsp3) is 0.143. The van der Waals surface area contributed by atoms with Crippen molar-refractivity contribution in [1.29, 1.82) is 0 Å². The molecule has 2 aromatic carbocycles.